The Morgan fingerprint density at radius 3 is 2.57 bits per heavy atom. The highest BCUT2D eigenvalue weighted by Crippen LogP contribution is 1.92. The van der Waals surface area contributed by atoms with Crippen LogP contribution < -0.4 is 0 Å². The highest BCUT2D eigenvalue weighted by molar-refractivity contribution is 5.36. The molecule has 0 fully saturated rings. The normalized spacial score (nSPS) is 8.86. The molecule has 0 aliphatic carbocycles. The van der Waals surface area contributed by atoms with Crippen molar-refractivity contribution in [1.29, 1.82) is 0 Å². The molecule has 0 radical (unpaired) electrons. The van der Waals surface area contributed by atoms with Gasteiger partial charge < -0.3 is 0 Å². The Morgan fingerprint density at radius 2 is 1.86 bits per heavy atom. The first kappa shape index (κ1) is 8.39. The van der Waals surface area contributed by atoms with Crippen LogP contribution in [-0.4, -0.2) is 15.0 Å². The molecule has 2 aromatic rings. The van der Waals surface area contributed by atoms with E-state index >= 15 is 0 Å². The summed E-state index contributed by atoms with van der Waals surface area (Å²) in [6.07, 6.45) is 6.53. The quantitative estimate of drug-likeness (QED) is 0.574. The van der Waals surface area contributed by atoms with E-state index in [4.69, 9.17) is 0 Å². The van der Waals surface area contributed by atoms with Gasteiger partial charge in [-0.15, -0.1) is 0 Å². The summed E-state index contributed by atoms with van der Waals surface area (Å²) in [5.74, 6) is 5.84. The van der Waals surface area contributed by atoms with Crippen LogP contribution in [0.2, 0.25) is 0 Å². The van der Waals surface area contributed by atoms with E-state index in [1.54, 1.807) is 18.6 Å². The molecule has 14 heavy (non-hydrogen) atoms. The maximum atomic E-state index is 4.08. The van der Waals surface area contributed by atoms with Crippen LogP contribution in [0.1, 0.15) is 11.3 Å². The molecule has 3 nitrogen and oxygen atoms in total. The molecule has 0 saturated heterocycles. The van der Waals surface area contributed by atoms with Crippen LogP contribution in [0.5, 0.6) is 0 Å². The minimum absolute atomic E-state index is 0.747. The van der Waals surface area contributed by atoms with Crippen LogP contribution >= 0.6 is 0 Å². The summed E-state index contributed by atoms with van der Waals surface area (Å²) >= 11 is 0. The highest BCUT2D eigenvalue weighted by Gasteiger charge is 1.85. The molecule has 0 unspecified atom stereocenters. The van der Waals surface area contributed by atoms with Crippen molar-refractivity contribution in [3.63, 3.8) is 0 Å². The van der Waals surface area contributed by atoms with Crippen LogP contribution in [0.4, 0.5) is 0 Å². The lowest BCUT2D eigenvalue weighted by Crippen LogP contribution is -1.81. The molecule has 0 atom stereocenters. The number of pyridine rings is 1. The average molecular weight is 181 g/mol. The number of rotatable bonds is 0. The van der Waals surface area contributed by atoms with Crippen molar-refractivity contribution in [3.8, 4) is 11.8 Å². The minimum atomic E-state index is 0.747. The Bertz CT molecular complexity index is 411. The molecular formula is C11H7N3. The monoisotopic (exact) mass is 181 g/mol. The predicted molar refractivity (Wildman–Crippen MR) is 52.2 cm³/mol. The lowest BCUT2D eigenvalue weighted by molar-refractivity contribution is 1.16. The van der Waals surface area contributed by atoms with Crippen LogP contribution in [0.15, 0.2) is 43.1 Å². The fourth-order valence-electron chi connectivity index (χ4n) is 0.937. The van der Waals surface area contributed by atoms with E-state index in [1.165, 1.54) is 6.33 Å². The summed E-state index contributed by atoms with van der Waals surface area (Å²) in [4.78, 5) is 11.8. The van der Waals surface area contributed by atoms with Gasteiger partial charge in [0, 0.05) is 18.6 Å². The zero-order chi connectivity index (χ0) is 9.64. The lowest BCUT2D eigenvalue weighted by atomic mass is 10.3. The molecule has 2 aromatic heterocycles. The maximum absolute atomic E-state index is 4.08. The Hall–Kier alpha value is -2.21. The second-order valence-corrected chi connectivity index (χ2v) is 2.59. The molecule has 0 bridgehead atoms. The van der Waals surface area contributed by atoms with Crippen molar-refractivity contribution in [2.75, 3.05) is 0 Å². The van der Waals surface area contributed by atoms with Gasteiger partial charge in [-0.1, -0.05) is 12.0 Å². The van der Waals surface area contributed by atoms with Gasteiger partial charge in [0.1, 0.15) is 12.0 Å². The van der Waals surface area contributed by atoms with Crippen molar-refractivity contribution >= 4 is 0 Å². The molecule has 0 amide bonds. The summed E-state index contributed by atoms with van der Waals surface area (Å²) in [6.45, 7) is 0. The molecule has 2 rings (SSSR count). The number of hydrogen-bond acceptors (Lipinski definition) is 3. The summed E-state index contributed by atoms with van der Waals surface area (Å²) in [5, 5.41) is 0. The number of hydrogen-bond donors (Lipinski definition) is 0. The summed E-state index contributed by atoms with van der Waals surface area (Å²) in [7, 11) is 0. The van der Waals surface area contributed by atoms with Crippen LogP contribution in [0.25, 0.3) is 0 Å². The van der Waals surface area contributed by atoms with Gasteiger partial charge in [0.2, 0.25) is 0 Å². The number of aromatic nitrogens is 3. The zero-order valence-electron chi connectivity index (χ0n) is 7.38. The van der Waals surface area contributed by atoms with Gasteiger partial charge in [0.05, 0.1) is 5.56 Å². The molecule has 3 heteroatoms. The summed E-state index contributed by atoms with van der Waals surface area (Å²) < 4.78 is 0. The van der Waals surface area contributed by atoms with Crippen molar-refractivity contribution in [2.24, 2.45) is 0 Å². The first-order chi connectivity index (χ1) is 6.95. The summed E-state index contributed by atoms with van der Waals surface area (Å²) in [6, 6.07) is 5.62. The van der Waals surface area contributed by atoms with Crippen molar-refractivity contribution in [2.45, 2.75) is 0 Å². The third-order valence-electron chi connectivity index (χ3n) is 1.56. The van der Waals surface area contributed by atoms with Gasteiger partial charge >= 0.3 is 0 Å². The third kappa shape index (κ3) is 2.14. The van der Waals surface area contributed by atoms with E-state index in [0.717, 1.165) is 11.3 Å². The van der Waals surface area contributed by atoms with E-state index in [-0.39, 0.29) is 0 Å². The SMILES string of the molecule is C(#Cc1ccccn1)c1cncnc1. The second-order valence-electron chi connectivity index (χ2n) is 2.59. The van der Waals surface area contributed by atoms with Crippen molar-refractivity contribution in [1.82, 2.24) is 15.0 Å². The fraction of sp³-hybridized carbons (Fsp3) is 0. The Balaban J connectivity index is 2.24. The Kier molecular flexibility index (Phi) is 2.49. The first-order valence-corrected chi connectivity index (χ1v) is 4.13. The lowest BCUT2D eigenvalue weighted by Gasteiger charge is -1.86. The zero-order valence-corrected chi connectivity index (χ0v) is 7.38. The Morgan fingerprint density at radius 1 is 1.00 bits per heavy atom. The first-order valence-electron chi connectivity index (χ1n) is 4.13. The van der Waals surface area contributed by atoms with Gasteiger partial charge in [-0.25, -0.2) is 15.0 Å². The Labute approximate surface area is 81.9 Å². The minimum Gasteiger partial charge on any atom is -0.248 e. The van der Waals surface area contributed by atoms with E-state index < -0.39 is 0 Å². The van der Waals surface area contributed by atoms with Gasteiger partial charge in [0.15, 0.2) is 0 Å². The topological polar surface area (TPSA) is 38.7 Å². The molecule has 0 saturated carbocycles. The smallest absolute Gasteiger partial charge is 0.115 e. The van der Waals surface area contributed by atoms with Crippen LogP contribution in [-0.2, 0) is 0 Å². The molecule has 0 N–H and O–H groups in total. The van der Waals surface area contributed by atoms with Gasteiger partial charge in [-0.3, -0.25) is 0 Å². The average Bonchev–Trinajstić information content (AvgIpc) is 2.29. The molecule has 0 spiro atoms. The third-order valence-corrected chi connectivity index (χ3v) is 1.56. The van der Waals surface area contributed by atoms with E-state index in [9.17, 15) is 0 Å². The van der Waals surface area contributed by atoms with Crippen molar-refractivity contribution in [3.05, 3.63) is 54.4 Å². The molecule has 0 aromatic carbocycles. The molecule has 2 heterocycles. The van der Waals surface area contributed by atoms with Crippen molar-refractivity contribution < 1.29 is 0 Å². The molecule has 0 aliphatic rings. The highest BCUT2D eigenvalue weighted by atomic mass is 14.8. The van der Waals surface area contributed by atoms with Gasteiger partial charge in [-0.2, -0.15) is 0 Å². The van der Waals surface area contributed by atoms with Crippen LogP contribution in [0, 0.1) is 11.8 Å². The maximum Gasteiger partial charge on any atom is 0.115 e. The largest absolute Gasteiger partial charge is 0.248 e. The molecular weight excluding hydrogens is 174 g/mol. The standard InChI is InChI=1S/C11H7N3/c1-2-6-14-11(3-1)5-4-10-7-12-9-13-8-10/h1-3,6-9H. The van der Waals surface area contributed by atoms with E-state index in [1.807, 2.05) is 18.2 Å². The molecule has 0 aliphatic heterocycles. The van der Waals surface area contributed by atoms with Gasteiger partial charge in [0.25, 0.3) is 0 Å². The predicted octanol–water partition coefficient (Wildman–Crippen LogP) is 1.27. The van der Waals surface area contributed by atoms with E-state index in [2.05, 4.69) is 26.8 Å². The van der Waals surface area contributed by atoms with Crippen LogP contribution in [0.3, 0.4) is 0 Å². The van der Waals surface area contributed by atoms with Gasteiger partial charge in [-0.05, 0) is 18.1 Å². The number of nitrogens with zero attached hydrogens (tertiary/aromatic N) is 3. The fourth-order valence-corrected chi connectivity index (χ4v) is 0.937. The molecule has 66 valence electrons. The summed E-state index contributed by atoms with van der Waals surface area (Å²) in [5.41, 5.74) is 1.54. The second kappa shape index (κ2) is 4.15. The van der Waals surface area contributed by atoms with E-state index in [0.29, 0.717) is 0 Å².